The van der Waals surface area contributed by atoms with Gasteiger partial charge < -0.3 is 14.1 Å². The number of ether oxygens (including phenoxy) is 1. The van der Waals surface area contributed by atoms with Crippen LogP contribution in [0.3, 0.4) is 0 Å². The quantitative estimate of drug-likeness (QED) is 0.185. The largest absolute Gasteiger partial charge is 0.461 e. The number of halogens is 2. The summed E-state index contributed by atoms with van der Waals surface area (Å²) in [6.45, 7) is 8.95. The molecule has 1 heterocycles. The Hall–Kier alpha value is -2.83. The van der Waals surface area contributed by atoms with E-state index in [4.69, 9.17) is 32.4 Å². The molecule has 3 aromatic carbocycles. The standard InChI is InChI=1S/C30H31Cl2NO3Si/c1-5-35-29(34)28-24(18-19-33-28)23-16-17-26(31)25(27(23)32)20-36-37(30(2,3)4,21-12-8-6-9-13-21)22-14-10-7-11-15-22/h6-19,33H,5,20H2,1-4H3. The van der Waals surface area contributed by atoms with Gasteiger partial charge in [0.15, 0.2) is 0 Å². The summed E-state index contributed by atoms with van der Waals surface area (Å²) in [4.78, 5) is 15.5. The van der Waals surface area contributed by atoms with Crippen molar-refractivity contribution in [2.75, 3.05) is 6.61 Å². The maximum atomic E-state index is 12.5. The summed E-state index contributed by atoms with van der Waals surface area (Å²) < 4.78 is 12.3. The third-order valence-electron chi connectivity index (χ3n) is 6.55. The number of hydrogen-bond acceptors (Lipinski definition) is 3. The van der Waals surface area contributed by atoms with Gasteiger partial charge in [-0.2, -0.15) is 0 Å². The van der Waals surface area contributed by atoms with Gasteiger partial charge in [0.2, 0.25) is 0 Å². The number of carbonyl (C=O) groups is 1. The highest BCUT2D eigenvalue weighted by Crippen LogP contribution is 2.40. The highest BCUT2D eigenvalue weighted by Gasteiger charge is 2.50. The zero-order chi connectivity index (χ0) is 26.6. The fourth-order valence-corrected chi connectivity index (χ4v) is 9.94. The molecule has 37 heavy (non-hydrogen) atoms. The van der Waals surface area contributed by atoms with Crippen LogP contribution in [-0.2, 0) is 15.8 Å². The van der Waals surface area contributed by atoms with Gasteiger partial charge in [0, 0.05) is 27.9 Å². The second-order valence-corrected chi connectivity index (χ2v) is 14.9. The number of H-pyrrole nitrogens is 1. The molecule has 4 nitrogen and oxygen atoms in total. The van der Waals surface area contributed by atoms with E-state index in [-0.39, 0.29) is 18.3 Å². The second-order valence-electron chi connectivity index (χ2n) is 9.83. The molecule has 0 amide bonds. The topological polar surface area (TPSA) is 51.3 Å². The zero-order valence-corrected chi connectivity index (χ0v) is 24.0. The number of benzene rings is 3. The van der Waals surface area contributed by atoms with Gasteiger partial charge in [0.05, 0.1) is 18.2 Å². The third-order valence-corrected chi connectivity index (χ3v) is 12.3. The average molecular weight is 553 g/mol. The molecule has 0 aliphatic carbocycles. The Labute approximate surface area is 229 Å². The molecule has 0 saturated carbocycles. The molecule has 0 saturated heterocycles. The van der Waals surface area contributed by atoms with E-state index in [2.05, 4.69) is 74.3 Å². The molecule has 4 rings (SSSR count). The number of nitrogens with one attached hydrogen (secondary N) is 1. The van der Waals surface area contributed by atoms with Gasteiger partial charge in [-0.05, 0) is 34.5 Å². The number of hydrogen-bond donors (Lipinski definition) is 1. The summed E-state index contributed by atoms with van der Waals surface area (Å²) in [6.07, 6.45) is 1.70. The minimum Gasteiger partial charge on any atom is -0.461 e. The molecule has 0 unspecified atom stereocenters. The Bertz CT molecular complexity index is 1330. The third kappa shape index (κ3) is 5.27. The lowest BCUT2D eigenvalue weighted by Gasteiger charge is -2.43. The van der Waals surface area contributed by atoms with Gasteiger partial charge in [-0.1, -0.05) is 111 Å². The monoisotopic (exact) mass is 551 g/mol. The minimum absolute atomic E-state index is 0.190. The fraction of sp³-hybridized carbons (Fsp3) is 0.233. The van der Waals surface area contributed by atoms with E-state index in [0.29, 0.717) is 32.4 Å². The smallest absolute Gasteiger partial charge is 0.355 e. The molecule has 1 N–H and O–H groups in total. The van der Waals surface area contributed by atoms with Crippen molar-refractivity contribution in [2.45, 2.75) is 39.3 Å². The minimum atomic E-state index is -2.80. The van der Waals surface area contributed by atoms with Crippen molar-refractivity contribution in [3.63, 3.8) is 0 Å². The number of rotatable bonds is 8. The number of carbonyl (C=O) groups excluding carboxylic acids is 1. The summed E-state index contributed by atoms with van der Waals surface area (Å²) in [6, 6.07) is 26.3. The van der Waals surface area contributed by atoms with E-state index >= 15 is 0 Å². The molecule has 0 fully saturated rings. The van der Waals surface area contributed by atoms with E-state index in [0.717, 1.165) is 0 Å². The van der Waals surface area contributed by atoms with Crippen LogP contribution in [0, 0.1) is 0 Å². The van der Waals surface area contributed by atoms with Crippen molar-refractivity contribution in [3.05, 3.63) is 106 Å². The summed E-state index contributed by atoms with van der Waals surface area (Å²) in [5.74, 6) is -0.432. The van der Waals surface area contributed by atoms with Crippen LogP contribution in [0.5, 0.6) is 0 Å². The predicted octanol–water partition coefficient (Wildman–Crippen LogP) is 7.24. The van der Waals surface area contributed by atoms with Gasteiger partial charge in [-0.15, -0.1) is 0 Å². The summed E-state index contributed by atoms with van der Waals surface area (Å²) in [5, 5.41) is 3.12. The Balaban J connectivity index is 1.81. The number of aromatic nitrogens is 1. The van der Waals surface area contributed by atoms with E-state index < -0.39 is 14.3 Å². The molecule has 7 heteroatoms. The maximum Gasteiger partial charge on any atom is 0.355 e. The van der Waals surface area contributed by atoms with Crippen molar-refractivity contribution in [3.8, 4) is 11.1 Å². The van der Waals surface area contributed by atoms with Gasteiger partial charge in [0.1, 0.15) is 5.69 Å². The van der Waals surface area contributed by atoms with Gasteiger partial charge in [-0.3, -0.25) is 0 Å². The first-order valence-corrected chi connectivity index (χ1v) is 14.9. The maximum absolute atomic E-state index is 12.5. The first kappa shape index (κ1) is 27.2. The van der Waals surface area contributed by atoms with Gasteiger partial charge in [0.25, 0.3) is 8.32 Å². The molecule has 0 aliphatic rings. The normalized spacial score (nSPS) is 11.9. The van der Waals surface area contributed by atoms with Crippen LogP contribution in [0.15, 0.2) is 85.1 Å². The van der Waals surface area contributed by atoms with Crippen LogP contribution in [-0.4, -0.2) is 25.9 Å². The summed E-state index contributed by atoms with van der Waals surface area (Å²) in [5.41, 5.74) is 2.39. The number of esters is 1. The van der Waals surface area contributed by atoms with Crippen molar-refractivity contribution < 1.29 is 14.0 Å². The predicted molar refractivity (Wildman–Crippen MR) is 155 cm³/mol. The van der Waals surface area contributed by atoms with Crippen LogP contribution in [0.1, 0.15) is 43.7 Å². The zero-order valence-electron chi connectivity index (χ0n) is 21.5. The van der Waals surface area contributed by atoms with E-state index in [1.54, 1.807) is 19.2 Å². The van der Waals surface area contributed by atoms with Crippen molar-refractivity contribution >= 4 is 47.9 Å². The van der Waals surface area contributed by atoms with Crippen LogP contribution in [0.25, 0.3) is 11.1 Å². The van der Waals surface area contributed by atoms with Crippen LogP contribution in [0.2, 0.25) is 15.1 Å². The molecule has 0 bridgehead atoms. The van der Waals surface area contributed by atoms with Crippen LogP contribution < -0.4 is 10.4 Å². The summed E-state index contributed by atoms with van der Waals surface area (Å²) >= 11 is 13.7. The van der Waals surface area contributed by atoms with E-state index in [1.165, 1.54) is 10.4 Å². The lowest BCUT2D eigenvalue weighted by Crippen LogP contribution is -2.66. The Morgan fingerprint density at radius 1 is 0.865 bits per heavy atom. The molecular weight excluding hydrogens is 521 g/mol. The first-order valence-electron chi connectivity index (χ1n) is 12.3. The number of aromatic amines is 1. The first-order chi connectivity index (χ1) is 17.7. The lowest BCUT2D eigenvalue weighted by atomic mass is 10.0. The van der Waals surface area contributed by atoms with Crippen molar-refractivity contribution in [2.24, 2.45) is 0 Å². The molecule has 0 radical (unpaired) electrons. The van der Waals surface area contributed by atoms with Crippen molar-refractivity contribution in [1.29, 1.82) is 0 Å². The highest BCUT2D eigenvalue weighted by atomic mass is 35.5. The molecule has 0 atom stereocenters. The van der Waals surface area contributed by atoms with Gasteiger partial charge in [-0.25, -0.2) is 4.79 Å². The highest BCUT2D eigenvalue weighted by molar-refractivity contribution is 6.99. The molecule has 0 aliphatic heterocycles. The molecule has 192 valence electrons. The molecule has 1 aromatic heterocycles. The summed E-state index contributed by atoms with van der Waals surface area (Å²) in [7, 11) is -2.80. The Kier molecular flexibility index (Phi) is 8.29. The molecule has 4 aromatic rings. The second kappa shape index (κ2) is 11.3. The van der Waals surface area contributed by atoms with Gasteiger partial charge >= 0.3 is 5.97 Å². The molecular formula is C30H31Cl2NO3Si. The van der Waals surface area contributed by atoms with E-state index in [9.17, 15) is 4.79 Å². The SMILES string of the molecule is CCOC(=O)c1[nH]ccc1-c1ccc(Cl)c(CO[Si](c2ccccc2)(c2ccccc2)C(C)(C)C)c1Cl. The lowest BCUT2D eigenvalue weighted by molar-refractivity contribution is 0.0521. The average Bonchev–Trinajstić information content (AvgIpc) is 3.36. The van der Waals surface area contributed by atoms with Crippen molar-refractivity contribution in [1.82, 2.24) is 4.98 Å². The van der Waals surface area contributed by atoms with E-state index in [1.807, 2.05) is 24.3 Å². The molecule has 0 spiro atoms. The van der Waals surface area contributed by atoms with Crippen LogP contribution >= 0.6 is 23.2 Å². The Morgan fingerprint density at radius 2 is 1.46 bits per heavy atom. The van der Waals surface area contributed by atoms with Crippen LogP contribution in [0.4, 0.5) is 0 Å². The Morgan fingerprint density at radius 3 is 2.00 bits per heavy atom. The fourth-order valence-electron chi connectivity index (χ4n) is 4.85.